The summed E-state index contributed by atoms with van der Waals surface area (Å²) in [7, 11) is -4.03. The molecule has 0 fully saturated rings. The lowest BCUT2D eigenvalue weighted by Gasteiger charge is -2.09. The predicted molar refractivity (Wildman–Crippen MR) is 76.0 cm³/mol. The molecule has 0 unspecified atom stereocenters. The molecule has 0 bridgehead atoms. The van der Waals surface area contributed by atoms with Crippen LogP contribution in [0.3, 0.4) is 0 Å². The van der Waals surface area contributed by atoms with Crippen molar-refractivity contribution < 1.29 is 17.2 Å². The molecule has 0 spiro atoms. The van der Waals surface area contributed by atoms with E-state index in [-0.39, 0.29) is 15.1 Å². The maximum absolute atomic E-state index is 13.6. The van der Waals surface area contributed by atoms with Gasteiger partial charge in [-0.3, -0.25) is 4.72 Å². The molecule has 108 valence electrons. The van der Waals surface area contributed by atoms with E-state index in [9.17, 15) is 17.2 Å². The smallest absolute Gasteiger partial charge is 0.261 e. The lowest BCUT2D eigenvalue weighted by atomic mass is 10.2. The summed E-state index contributed by atoms with van der Waals surface area (Å²) in [6.45, 7) is 0. The summed E-state index contributed by atoms with van der Waals surface area (Å²) in [4.78, 5) is -0.138. The van der Waals surface area contributed by atoms with Gasteiger partial charge in [0.15, 0.2) is 0 Å². The van der Waals surface area contributed by atoms with Gasteiger partial charge >= 0.3 is 0 Å². The summed E-state index contributed by atoms with van der Waals surface area (Å²) in [6.07, 6.45) is 0. The van der Waals surface area contributed by atoms with E-state index in [0.29, 0.717) is 11.6 Å². The first-order valence-electron chi connectivity index (χ1n) is 5.51. The van der Waals surface area contributed by atoms with Crippen molar-refractivity contribution in [2.75, 3.05) is 4.72 Å². The Morgan fingerprint density at radius 2 is 1.71 bits per heavy atom. The first-order chi connectivity index (χ1) is 9.83. The highest BCUT2D eigenvalue weighted by Gasteiger charge is 2.17. The average molecular weight is 373 g/mol. The van der Waals surface area contributed by atoms with Crippen LogP contribution in [-0.2, 0) is 10.0 Å². The highest BCUT2D eigenvalue weighted by molar-refractivity contribution is 9.10. The van der Waals surface area contributed by atoms with Crippen molar-refractivity contribution in [2.45, 2.75) is 4.90 Å². The normalized spacial score (nSPS) is 11.0. The molecule has 2 rings (SSSR count). The Bertz CT molecular complexity index is 830. The maximum atomic E-state index is 13.6. The number of sulfonamides is 1. The topological polar surface area (TPSA) is 70.0 Å². The standard InChI is InChI=1S/C13H7BrF2N2O2S/c14-10-5-13(12(16)6-11(10)15)18-21(19,20)9-3-1-8(7-17)2-4-9/h1-6,18H. The Morgan fingerprint density at radius 1 is 1.10 bits per heavy atom. The van der Waals surface area contributed by atoms with Gasteiger partial charge in [-0.2, -0.15) is 5.26 Å². The molecule has 0 atom stereocenters. The number of hydrogen-bond donors (Lipinski definition) is 1. The summed E-state index contributed by atoms with van der Waals surface area (Å²) in [5.41, 5.74) is -0.0858. The molecular weight excluding hydrogens is 366 g/mol. The van der Waals surface area contributed by atoms with Gasteiger partial charge in [0.05, 0.1) is 26.7 Å². The summed E-state index contributed by atoms with van der Waals surface area (Å²) < 4.78 is 52.8. The number of benzene rings is 2. The van der Waals surface area contributed by atoms with E-state index in [4.69, 9.17) is 5.26 Å². The van der Waals surface area contributed by atoms with Gasteiger partial charge < -0.3 is 0 Å². The van der Waals surface area contributed by atoms with Crippen LogP contribution in [0.4, 0.5) is 14.5 Å². The van der Waals surface area contributed by atoms with Gasteiger partial charge in [-0.15, -0.1) is 0 Å². The third-order valence-corrected chi connectivity index (χ3v) is 4.54. The van der Waals surface area contributed by atoms with Crippen LogP contribution in [0.5, 0.6) is 0 Å². The van der Waals surface area contributed by atoms with Gasteiger partial charge in [0.1, 0.15) is 11.6 Å². The van der Waals surface area contributed by atoms with E-state index in [1.165, 1.54) is 24.3 Å². The van der Waals surface area contributed by atoms with Crippen LogP contribution < -0.4 is 4.72 Å². The van der Waals surface area contributed by atoms with E-state index in [2.05, 4.69) is 15.9 Å². The minimum Gasteiger partial charge on any atom is -0.277 e. The van der Waals surface area contributed by atoms with Crippen molar-refractivity contribution in [3.63, 3.8) is 0 Å². The molecule has 8 heteroatoms. The Labute approximate surface area is 128 Å². The molecular formula is C13H7BrF2N2O2S. The van der Waals surface area contributed by atoms with Gasteiger partial charge in [0.2, 0.25) is 0 Å². The fourth-order valence-corrected chi connectivity index (χ4v) is 2.91. The highest BCUT2D eigenvalue weighted by atomic mass is 79.9. The molecule has 0 saturated heterocycles. The fourth-order valence-electron chi connectivity index (χ4n) is 1.51. The molecule has 0 aliphatic heterocycles. The molecule has 21 heavy (non-hydrogen) atoms. The second-order valence-corrected chi connectivity index (χ2v) is 6.52. The van der Waals surface area contributed by atoms with E-state index in [0.717, 1.165) is 6.07 Å². The third-order valence-electron chi connectivity index (χ3n) is 2.55. The van der Waals surface area contributed by atoms with Crippen molar-refractivity contribution >= 4 is 31.6 Å². The number of nitriles is 1. The number of nitrogens with one attached hydrogen (secondary N) is 1. The zero-order valence-electron chi connectivity index (χ0n) is 10.3. The van der Waals surface area contributed by atoms with Crippen LogP contribution in [0.25, 0.3) is 0 Å². The zero-order valence-corrected chi connectivity index (χ0v) is 12.7. The van der Waals surface area contributed by atoms with Gasteiger partial charge in [-0.1, -0.05) is 0 Å². The zero-order chi connectivity index (χ0) is 15.6. The van der Waals surface area contributed by atoms with E-state index >= 15 is 0 Å². The molecule has 1 N–H and O–H groups in total. The van der Waals surface area contributed by atoms with Crippen molar-refractivity contribution in [1.29, 1.82) is 5.26 Å². The molecule has 0 aliphatic carbocycles. The Hall–Kier alpha value is -1.98. The van der Waals surface area contributed by atoms with E-state index < -0.39 is 21.7 Å². The number of hydrogen-bond acceptors (Lipinski definition) is 3. The molecule has 2 aromatic rings. The molecule has 0 radical (unpaired) electrons. The Morgan fingerprint density at radius 3 is 2.29 bits per heavy atom. The molecule has 4 nitrogen and oxygen atoms in total. The predicted octanol–water partition coefficient (Wildman–Crippen LogP) is 3.40. The fraction of sp³-hybridized carbons (Fsp3) is 0. The van der Waals surface area contributed by atoms with Gasteiger partial charge in [-0.05, 0) is 46.3 Å². The van der Waals surface area contributed by atoms with Gasteiger partial charge in [0, 0.05) is 6.07 Å². The monoisotopic (exact) mass is 372 g/mol. The lowest BCUT2D eigenvalue weighted by Crippen LogP contribution is -2.14. The number of anilines is 1. The summed E-state index contributed by atoms with van der Waals surface area (Å²) in [5.74, 6) is -1.87. The SMILES string of the molecule is N#Cc1ccc(S(=O)(=O)Nc2cc(Br)c(F)cc2F)cc1. The largest absolute Gasteiger partial charge is 0.277 e. The van der Waals surface area contributed by atoms with Crippen LogP contribution >= 0.6 is 15.9 Å². The summed E-state index contributed by atoms with van der Waals surface area (Å²) in [5, 5.41) is 8.65. The minimum atomic E-state index is -4.03. The Balaban J connectivity index is 2.37. The molecule has 0 aromatic heterocycles. The van der Waals surface area contributed by atoms with Crippen molar-refractivity contribution in [3.8, 4) is 6.07 Å². The second kappa shape index (κ2) is 5.79. The van der Waals surface area contributed by atoms with Crippen LogP contribution in [0.1, 0.15) is 5.56 Å². The second-order valence-electron chi connectivity index (χ2n) is 3.99. The maximum Gasteiger partial charge on any atom is 0.261 e. The summed E-state index contributed by atoms with van der Waals surface area (Å²) in [6, 6.07) is 8.51. The van der Waals surface area contributed by atoms with Crippen molar-refractivity contribution in [2.24, 2.45) is 0 Å². The summed E-state index contributed by atoms with van der Waals surface area (Å²) >= 11 is 2.85. The van der Waals surface area contributed by atoms with Crippen LogP contribution in [0.15, 0.2) is 45.8 Å². The highest BCUT2D eigenvalue weighted by Crippen LogP contribution is 2.25. The number of halogens is 3. The first-order valence-corrected chi connectivity index (χ1v) is 7.78. The molecule has 0 amide bonds. The van der Waals surface area contributed by atoms with Gasteiger partial charge in [-0.25, -0.2) is 17.2 Å². The number of rotatable bonds is 3. The van der Waals surface area contributed by atoms with Crippen LogP contribution in [0, 0.1) is 23.0 Å². The number of nitrogens with zero attached hydrogens (tertiary/aromatic N) is 1. The lowest BCUT2D eigenvalue weighted by molar-refractivity contribution is 0.579. The molecule has 0 saturated carbocycles. The van der Waals surface area contributed by atoms with Crippen molar-refractivity contribution in [1.82, 2.24) is 0 Å². The Kier molecular flexibility index (Phi) is 4.25. The molecule has 0 heterocycles. The molecule has 0 aliphatic rings. The van der Waals surface area contributed by atoms with E-state index in [1.807, 2.05) is 10.8 Å². The molecule has 2 aromatic carbocycles. The minimum absolute atomic E-state index is 0.0681. The first kappa shape index (κ1) is 15.4. The van der Waals surface area contributed by atoms with Crippen LogP contribution in [0.2, 0.25) is 0 Å². The quantitative estimate of drug-likeness (QED) is 0.839. The van der Waals surface area contributed by atoms with Crippen molar-refractivity contribution in [3.05, 3.63) is 58.1 Å². The third kappa shape index (κ3) is 3.37. The van der Waals surface area contributed by atoms with E-state index in [1.54, 1.807) is 0 Å². The van der Waals surface area contributed by atoms with Gasteiger partial charge in [0.25, 0.3) is 10.0 Å². The average Bonchev–Trinajstić information content (AvgIpc) is 2.44. The van der Waals surface area contributed by atoms with Crippen LogP contribution in [-0.4, -0.2) is 8.42 Å².